The molecule has 0 aliphatic rings. The Morgan fingerprint density at radius 2 is 2.00 bits per heavy atom. The van der Waals surface area contributed by atoms with Crippen LogP contribution in [0.4, 0.5) is 5.69 Å². The fourth-order valence-electron chi connectivity index (χ4n) is 2.32. The van der Waals surface area contributed by atoms with Crippen molar-refractivity contribution in [1.29, 1.82) is 0 Å². The highest BCUT2D eigenvalue weighted by molar-refractivity contribution is 9.10. The number of nitrogens with zero attached hydrogens (tertiary/aromatic N) is 1. The monoisotopic (exact) mass is 362 g/mol. The minimum absolute atomic E-state index is 0.00839. The first-order chi connectivity index (χ1) is 10.4. The summed E-state index contributed by atoms with van der Waals surface area (Å²) < 4.78 is 1.87. The molecule has 0 saturated heterocycles. The second-order valence-corrected chi connectivity index (χ2v) is 6.44. The van der Waals surface area contributed by atoms with Gasteiger partial charge in [0.2, 0.25) is 5.91 Å². The topological polar surface area (TPSA) is 51.1 Å². The van der Waals surface area contributed by atoms with Crippen LogP contribution in [0.2, 0.25) is 0 Å². The van der Waals surface area contributed by atoms with E-state index in [4.69, 9.17) is 0 Å². The zero-order valence-corrected chi connectivity index (χ0v) is 14.5. The molecule has 0 fully saturated rings. The Labute approximate surface area is 138 Å². The lowest BCUT2D eigenvalue weighted by Crippen LogP contribution is -2.28. The lowest BCUT2D eigenvalue weighted by Gasteiger charge is -2.14. The molecule has 116 valence electrons. The van der Waals surface area contributed by atoms with Gasteiger partial charge in [0, 0.05) is 11.9 Å². The van der Waals surface area contributed by atoms with Gasteiger partial charge in [-0.3, -0.25) is 9.59 Å². The number of hydrogen-bond acceptors (Lipinski definition) is 2. The van der Waals surface area contributed by atoms with Crippen LogP contribution in [0.5, 0.6) is 0 Å². The van der Waals surface area contributed by atoms with E-state index in [9.17, 15) is 9.59 Å². The number of aromatic nitrogens is 1. The lowest BCUT2D eigenvalue weighted by molar-refractivity contribution is -0.116. The number of para-hydroxylation sites is 1. The average molecular weight is 363 g/mol. The Kier molecular flexibility index (Phi) is 5.19. The van der Waals surface area contributed by atoms with Gasteiger partial charge in [0.1, 0.15) is 6.54 Å². The first-order valence-electron chi connectivity index (χ1n) is 7.14. The normalized spacial score (nSPS) is 10.8. The summed E-state index contributed by atoms with van der Waals surface area (Å²) in [7, 11) is 0. The second kappa shape index (κ2) is 6.92. The summed E-state index contributed by atoms with van der Waals surface area (Å²) in [5.41, 5.74) is 2.58. The van der Waals surface area contributed by atoms with Gasteiger partial charge in [-0.15, -0.1) is 0 Å². The lowest BCUT2D eigenvalue weighted by atomic mass is 10.0. The Morgan fingerprint density at radius 1 is 1.32 bits per heavy atom. The van der Waals surface area contributed by atoms with Gasteiger partial charge in [0.25, 0.3) is 5.56 Å². The van der Waals surface area contributed by atoms with Gasteiger partial charge < -0.3 is 9.88 Å². The van der Waals surface area contributed by atoms with E-state index < -0.39 is 0 Å². The maximum absolute atomic E-state index is 12.2. The van der Waals surface area contributed by atoms with Gasteiger partial charge in [-0.2, -0.15) is 0 Å². The number of anilines is 1. The van der Waals surface area contributed by atoms with Gasteiger partial charge in [-0.1, -0.05) is 32.0 Å². The molecule has 1 heterocycles. The number of benzene rings is 1. The van der Waals surface area contributed by atoms with E-state index in [0.29, 0.717) is 10.4 Å². The maximum atomic E-state index is 12.2. The minimum atomic E-state index is -0.215. The predicted molar refractivity (Wildman–Crippen MR) is 92.3 cm³/mol. The summed E-state index contributed by atoms with van der Waals surface area (Å²) in [6.45, 7) is 6.03. The highest BCUT2D eigenvalue weighted by atomic mass is 79.9. The van der Waals surface area contributed by atoms with Gasteiger partial charge >= 0.3 is 0 Å². The third-order valence-electron chi connectivity index (χ3n) is 3.35. The quantitative estimate of drug-likeness (QED) is 0.901. The molecule has 1 aromatic heterocycles. The molecule has 0 atom stereocenters. The molecule has 0 aliphatic carbocycles. The highest BCUT2D eigenvalue weighted by Gasteiger charge is 2.11. The van der Waals surface area contributed by atoms with Crippen LogP contribution in [0.15, 0.2) is 45.8 Å². The average Bonchev–Trinajstić information content (AvgIpc) is 2.44. The zero-order valence-electron chi connectivity index (χ0n) is 12.9. The number of hydrogen-bond donors (Lipinski definition) is 1. The van der Waals surface area contributed by atoms with E-state index >= 15 is 0 Å². The van der Waals surface area contributed by atoms with Crippen molar-refractivity contribution in [1.82, 2.24) is 4.57 Å². The van der Waals surface area contributed by atoms with Crippen molar-refractivity contribution in [3.05, 3.63) is 62.5 Å². The van der Waals surface area contributed by atoms with Crippen molar-refractivity contribution < 1.29 is 4.79 Å². The minimum Gasteiger partial charge on any atom is -0.324 e. The first kappa shape index (κ1) is 16.5. The maximum Gasteiger partial charge on any atom is 0.265 e. The van der Waals surface area contributed by atoms with E-state index in [-0.39, 0.29) is 18.0 Å². The molecule has 5 heteroatoms. The van der Waals surface area contributed by atoms with Crippen LogP contribution in [0.3, 0.4) is 0 Å². The number of pyridine rings is 1. The molecule has 0 bridgehead atoms. The highest BCUT2D eigenvalue weighted by Crippen LogP contribution is 2.23. The summed E-state index contributed by atoms with van der Waals surface area (Å²) in [6.07, 6.45) is 1.68. The Balaban J connectivity index is 2.20. The molecule has 0 aliphatic heterocycles. The molecule has 0 saturated carbocycles. The van der Waals surface area contributed by atoms with Gasteiger partial charge in [-0.05, 0) is 52.0 Å². The summed E-state index contributed by atoms with van der Waals surface area (Å²) >= 11 is 3.22. The van der Waals surface area contributed by atoms with Crippen molar-refractivity contribution in [2.75, 3.05) is 5.32 Å². The molecule has 2 aromatic rings. The zero-order chi connectivity index (χ0) is 16.3. The molecule has 0 spiro atoms. The fourth-order valence-corrected chi connectivity index (χ4v) is 2.91. The number of halogens is 1. The Bertz CT molecular complexity index is 751. The van der Waals surface area contributed by atoms with E-state index in [1.807, 2.05) is 31.2 Å². The smallest absolute Gasteiger partial charge is 0.265 e. The van der Waals surface area contributed by atoms with Gasteiger partial charge in [-0.25, -0.2) is 0 Å². The molecule has 0 radical (unpaired) electrons. The number of carbonyl (C=O) groups is 1. The summed E-state index contributed by atoms with van der Waals surface area (Å²) in [4.78, 5) is 24.3. The molecule has 4 nitrogen and oxygen atoms in total. The summed E-state index contributed by atoms with van der Waals surface area (Å²) in [5, 5.41) is 2.89. The third-order valence-corrected chi connectivity index (χ3v) is 3.92. The molecule has 2 rings (SSSR count). The van der Waals surface area contributed by atoms with Crippen molar-refractivity contribution >= 4 is 27.5 Å². The molecule has 1 amide bonds. The first-order valence-corrected chi connectivity index (χ1v) is 7.93. The number of carbonyl (C=O) groups excluding carboxylic acids is 1. The van der Waals surface area contributed by atoms with E-state index in [2.05, 4.69) is 35.1 Å². The number of amides is 1. The van der Waals surface area contributed by atoms with E-state index in [1.165, 1.54) is 4.57 Å². The molecular formula is C17H19BrN2O2. The molecule has 22 heavy (non-hydrogen) atoms. The van der Waals surface area contributed by atoms with Crippen molar-refractivity contribution in [2.45, 2.75) is 33.2 Å². The number of nitrogens with one attached hydrogen (secondary N) is 1. The van der Waals surface area contributed by atoms with Crippen LogP contribution < -0.4 is 10.9 Å². The van der Waals surface area contributed by atoms with Crippen LogP contribution >= 0.6 is 15.9 Å². The van der Waals surface area contributed by atoms with Crippen molar-refractivity contribution in [3.63, 3.8) is 0 Å². The van der Waals surface area contributed by atoms with Crippen LogP contribution in [0, 0.1) is 6.92 Å². The Hall–Kier alpha value is -1.88. The Morgan fingerprint density at radius 3 is 2.68 bits per heavy atom. The van der Waals surface area contributed by atoms with Crippen molar-refractivity contribution in [2.24, 2.45) is 0 Å². The van der Waals surface area contributed by atoms with Gasteiger partial charge in [0.05, 0.1) is 4.47 Å². The molecule has 1 aromatic carbocycles. The standard InChI is InChI=1S/C17H19BrN2O2/c1-11(2)13-6-4-5-7-15(13)19-16(21)10-20-9-12(3)8-14(18)17(20)22/h4-9,11H,10H2,1-3H3,(H,19,21). The number of aryl methyl sites for hydroxylation is 1. The third kappa shape index (κ3) is 3.85. The SMILES string of the molecule is Cc1cc(Br)c(=O)n(CC(=O)Nc2ccccc2C(C)C)c1. The van der Waals surface area contributed by atoms with Crippen LogP contribution in [-0.2, 0) is 11.3 Å². The molecular weight excluding hydrogens is 344 g/mol. The summed E-state index contributed by atoms with van der Waals surface area (Å²) in [5.74, 6) is 0.0973. The van der Waals surface area contributed by atoms with Crippen LogP contribution in [-0.4, -0.2) is 10.5 Å². The van der Waals surface area contributed by atoms with Crippen LogP contribution in [0.25, 0.3) is 0 Å². The largest absolute Gasteiger partial charge is 0.324 e. The summed E-state index contributed by atoms with van der Waals surface area (Å²) in [6, 6.07) is 9.45. The second-order valence-electron chi connectivity index (χ2n) is 5.59. The predicted octanol–water partition coefficient (Wildman–Crippen LogP) is 3.68. The van der Waals surface area contributed by atoms with Gasteiger partial charge in [0.15, 0.2) is 0 Å². The van der Waals surface area contributed by atoms with Crippen molar-refractivity contribution in [3.8, 4) is 0 Å². The van der Waals surface area contributed by atoms with Crippen LogP contribution in [0.1, 0.15) is 30.9 Å². The molecule has 0 unspecified atom stereocenters. The van der Waals surface area contributed by atoms with E-state index in [1.54, 1.807) is 12.3 Å². The van der Waals surface area contributed by atoms with E-state index in [0.717, 1.165) is 16.8 Å². The fraction of sp³-hybridized carbons (Fsp3) is 0.294. The molecule has 1 N–H and O–H groups in total. The number of rotatable bonds is 4.